The number of hydroxylamine groups is 1. The van der Waals surface area contributed by atoms with Gasteiger partial charge in [-0.25, -0.2) is 5.48 Å². The third kappa shape index (κ3) is 4.87. The molecule has 1 saturated heterocycles. The highest BCUT2D eigenvalue weighted by Crippen LogP contribution is 2.24. The van der Waals surface area contributed by atoms with Crippen LogP contribution in [-0.4, -0.2) is 40.8 Å². The summed E-state index contributed by atoms with van der Waals surface area (Å²) in [7, 11) is 0. The summed E-state index contributed by atoms with van der Waals surface area (Å²) in [6.45, 7) is 2.99. The second-order valence-electron chi connectivity index (χ2n) is 8.00. The summed E-state index contributed by atoms with van der Waals surface area (Å²) in [5.74, 6) is -0.249. The van der Waals surface area contributed by atoms with Crippen LogP contribution in [0.3, 0.4) is 0 Å². The Labute approximate surface area is 185 Å². The topological polar surface area (TPSA) is 110 Å². The summed E-state index contributed by atoms with van der Waals surface area (Å²) in [6.07, 6.45) is 0.433. The van der Waals surface area contributed by atoms with Gasteiger partial charge >= 0.3 is 0 Å². The van der Waals surface area contributed by atoms with Crippen molar-refractivity contribution >= 4 is 22.7 Å². The molecule has 0 radical (unpaired) electrons. The first-order chi connectivity index (χ1) is 15.5. The van der Waals surface area contributed by atoms with Gasteiger partial charge < -0.3 is 14.8 Å². The van der Waals surface area contributed by atoms with E-state index in [1.165, 1.54) is 0 Å². The van der Waals surface area contributed by atoms with Gasteiger partial charge in [0.25, 0.3) is 5.91 Å². The van der Waals surface area contributed by atoms with Crippen molar-refractivity contribution in [2.75, 3.05) is 13.2 Å². The van der Waals surface area contributed by atoms with Crippen LogP contribution < -0.4 is 15.5 Å². The number of pyridine rings is 1. The zero-order valence-electron chi connectivity index (χ0n) is 17.8. The predicted molar refractivity (Wildman–Crippen MR) is 117 cm³/mol. The van der Waals surface area contributed by atoms with E-state index in [1.54, 1.807) is 29.7 Å². The Kier molecular flexibility index (Phi) is 6.34. The molecule has 8 nitrogen and oxygen atoms in total. The molecular formula is C24H25N3O5. The van der Waals surface area contributed by atoms with E-state index < -0.39 is 11.4 Å². The maximum Gasteiger partial charge on any atom is 0.251 e. The van der Waals surface area contributed by atoms with Crippen LogP contribution in [0.15, 0.2) is 54.6 Å². The lowest BCUT2D eigenvalue weighted by Gasteiger charge is -2.27. The van der Waals surface area contributed by atoms with E-state index in [9.17, 15) is 9.59 Å². The smallest absolute Gasteiger partial charge is 0.251 e. The standard InChI is InChI=1S/C24H25N3O5/c1-16-12-18(20-4-2-3-5-21(20)25-16)14-32-19-8-6-17(7-9-19)23(29)26-24(10-11-31-15-24)13-22(28)27-30/h2-9,12,30H,10-11,13-15H2,1H3,(H,26,29)(H,27,28)/t24-/m0/s1. The van der Waals surface area contributed by atoms with E-state index in [2.05, 4.69) is 10.3 Å². The molecule has 1 aliphatic rings. The highest BCUT2D eigenvalue weighted by Gasteiger charge is 2.38. The molecule has 4 rings (SSSR count). The minimum absolute atomic E-state index is 0.0598. The lowest BCUT2D eigenvalue weighted by Crippen LogP contribution is -2.51. The van der Waals surface area contributed by atoms with Gasteiger partial charge in [0, 0.05) is 28.8 Å². The minimum atomic E-state index is -0.834. The van der Waals surface area contributed by atoms with Crippen LogP contribution in [0.1, 0.15) is 34.5 Å². The van der Waals surface area contributed by atoms with Gasteiger partial charge in [0.05, 0.1) is 24.1 Å². The second-order valence-corrected chi connectivity index (χ2v) is 8.00. The van der Waals surface area contributed by atoms with E-state index in [0.717, 1.165) is 22.2 Å². The Bertz CT molecular complexity index is 1120. The van der Waals surface area contributed by atoms with Crippen molar-refractivity contribution in [3.63, 3.8) is 0 Å². The van der Waals surface area contributed by atoms with Crippen molar-refractivity contribution < 1.29 is 24.3 Å². The molecule has 1 aliphatic heterocycles. The molecule has 0 aliphatic carbocycles. The average molecular weight is 435 g/mol. The molecule has 3 N–H and O–H groups in total. The molecule has 166 valence electrons. The lowest BCUT2D eigenvalue weighted by atomic mass is 9.93. The van der Waals surface area contributed by atoms with Crippen molar-refractivity contribution in [1.29, 1.82) is 0 Å². The van der Waals surface area contributed by atoms with E-state index in [1.807, 2.05) is 37.3 Å². The number of nitrogens with one attached hydrogen (secondary N) is 2. The first kappa shape index (κ1) is 21.7. The van der Waals surface area contributed by atoms with E-state index in [-0.39, 0.29) is 18.9 Å². The number of hydrogen-bond acceptors (Lipinski definition) is 6. The summed E-state index contributed by atoms with van der Waals surface area (Å²) < 4.78 is 11.3. The number of para-hydroxylation sites is 1. The molecule has 0 spiro atoms. The number of hydrogen-bond donors (Lipinski definition) is 3. The number of aryl methyl sites for hydroxylation is 1. The maximum absolute atomic E-state index is 12.7. The number of amides is 2. The van der Waals surface area contributed by atoms with Crippen LogP contribution in [0, 0.1) is 6.92 Å². The van der Waals surface area contributed by atoms with Crippen molar-refractivity contribution in [2.45, 2.75) is 31.9 Å². The van der Waals surface area contributed by atoms with Gasteiger partial charge in [-0.15, -0.1) is 0 Å². The molecule has 0 bridgehead atoms. The van der Waals surface area contributed by atoms with E-state index in [0.29, 0.717) is 30.9 Å². The number of fused-ring (bicyclic) bond motifs is 1. The van der Waals surface area contributed by atoms with Crippen molar-refractivity contribution in [2.24, 2.45) is 0 Å². The first-order valence-corrected chi connectivity index (χ1v) is 10.4. The van der Waals surface area contributed by atoms with Gasteiger partial charge in [-0.2, -0.15) is 0 Å². The monoisotopic (exact) mass is 435 g/mol. The van der Waals surface area contributed by atoms with Gasteiger partial charge in [0.1, 0.15) is 12.4 Å². The van der Waals surface area contributed by atoms with Crippen LogP contribution in [0.2, 0.25) is 0 Å². The molecule has 0 unspecified atom stereocenters. The number of carbonyl (C=O) groups excluding carboxylic acids is 2. The Morgan fingerprint density at radius 1 is 1.19 bits per heavy atom. The molecule has 1 aromatic heterocycles. The third-order valence-electron chi connectivity index (χ3n) is 5.55. The zero-order valence-corrected chi connectivity index (χ0v) is 17.8. The lowest BCUT2D eigenvalue weighted by molar-refractivity contribution is -0.130. The molecule has 2 amide bonds. The number of ether oxygens (including phenoxy) is 2. The van der Waals surface area contributed by atoms with Crippen LogP contribution in [0.4, 0.5) is 0 Å². The maximum atomic E-state index is 12.7. The van der Waals surface area contributed by atoms with Crippen molar-refractivity contribution in [1.82, 2.24) is 15.8 Å². The van der Waals surface area contributed by atoms with Gasteiger partial charge in [-0.3, -0.25) is 19.8 Å². The molecule has 0 saturated carbocycles. The van der Waals surface area contributed by atoms with E-state index in [4.69, 9.17) is 14.7 Å². The normalized spacial score (nSPS) is 17.8. The quantitative estimate of drug-likeness (QED) is 0.389. The molecule has 3 aromatic rings. The summed E-state index contributed by atoms with van der Waals surface area (Å²) in [6, 6.07) is 16.8. The van der Waals surface area contributed by atoms with Gasteiger partial charge in [0.2, 0.25) is 5.91 Å². The van der Waals surface area contributed by atoms with Crippen LogP contribution >= 0.6 is 0 Å². The van der Waals surface area contributed by atoms with Crippen molar-refractivity contribution in [3.8, 4) is 5.75 Å². The second kappa shape index (κ2) is 9.33. The summed E-state index contributed by atoms with van der Waals surface area (Å²) >= 11 is 0. The number of benzene rings is 2. The van der Waals surface area contributed by atoms with Crippen LogP contribution in [0.5, 0.6) is 5.75 Å². The predicted octanol–water partition coefficient (Wildman–Crippen LogP) is 2.91. The highest BCUT2D eigenvalue weighted by molar-refractivity contribution is 5.95. The highest BCUT2D eigenvalue weighted by atomic mass is 16.5. The largest absolute Gasteiger partial charge is 0.489 e. The number of carbonyl (C=O) groups is 2. The number of aromatic nitrogens is 1. The Balaban J connectivity index is 1.42. The fourth-order valence-corrected chi connectivity index (χ4v) is 3.93. The zero-order chi connectivity index (χ0) is 22.6. The van der Waals surface area contributed by atoms with Crippen LogP contribution in [-0.2, 0) is 16.1 Å². The number of nitrogens with zero attached hydrogens (tertiary/aromatic N) is 1. The average Bonchev–Trinajstić information content (AvgIpc) is 3.25. The third-order valence-corrected chi connectivity index (χ3v) is 5.55. The van der Waals surface area contributed by atoms with Gasteiger partial charge in [-0.05, 0) is 49.7 Å². The molecule has 32 heavy (non-hydrogen) atoms. The Morgan fingerprint density at radius 2 is 1.97 bits per heavy atom. The van der Waals surface area contributed by atoms with Crippen molar-refractivity contribution in [3.05, 3.63) is 71.4 Å². The Morgan fingerprint density at radius 3 is 2.69 bits per heavy atom. The van der Waals surface area contributed by atoms with E-state index >= 15 is 0 Å². The fraction of sp³-hybridized carbons (Fsp3) is 0.292. The summed E-state index contributed by atoms with van der Waals surface area (Å²) in [4.78, 5) is 28.9. The van der Waals surface area contributed by atoms with Gasteiger partial charge in [0.15, 0.2) is 0 Å². The SMILES string of the molecule is Cc1cc(COc2ccc(C(=O)N[C@]3(CC(=O)NO)CCOC3)cc2)c2ccccc2n1. The molecule has 1 atom stereocenters. The van der Waals surface area contributed by atoms with Crippen LogP contribution in [0.25, 0.3) is 10.9 Å². The summed E-state index contributed by atoms with van der Waals surface area (Å²) in [5.41, 5.74) is 4.12. The molecular weight excluding hydrogens is 410 g/mol. The first-order valence-electron chi connectivity index (χ1n) is 10.4. The molecule has 1 fully saturated rings. The molecule has 2 aromatic carbocycles. The molecule has 8 heteroatoms. The summed E-state index contributed by atoms with van der Waals surface area (Å²) in [5, 5.41) is 12.8. The Hall–Kier alpha value is -3.49. The fourth-order valence-electron chi connectivity index (χ4n) is 3.93. The minimum Gasteiger partial charge on any atom is -0.489 e. The number of rotatable bonds is 7. The van der Waals surface area contributed by atoms with Gasteiger partial charge in [-0.1, -0.05) is 18.2 Å². The molecule has 2 heterocycles.